The van der Waals surface area contributed by atoms with Crippen molar-refractivity contribution in [3.05, 3.63) is 54.2 Å². The zero-order valence-electron chi connectivity index (χ0n) is 11.8. The predicted molar refractivity (Wildman–Crippen MR) is 82.3 cm³/mol. The summed E-state index contributed by atoms with van der Waals surface area (Å²) in [6, 6.07) is 12.0. The number of rotatable bonds is 3. The van der Waals surface area contributed by atoms with Crippen LogP contribution in [0.5, 0.6) is 0 Å². The van der Waals surface area contributed by atoms with Crippen molar-refractivity contribution in [1.82, 2.24) is 14.7 Å². The maximum atomic E-state index is 12.2. The fraction of sp³-hybridized carbons (Fsp3) is 0.250. The third kappa shape index (κ3) is 3.13. The number of carbonyl (C=O) groups is 1. The highest BCUT2D eigenvalue weighted by molar-refractivity contribution is 5.78. The highest BCUT2D eigenvalue weighted by Gasteiger charge is 2.18. The van der Waals surface area contributed by atoms with Crippen LogP contribution in [0.25, 0.3) is 5.57 Å². The first-order valence-corrected chi connectivity index (χ1v) is 7.03. The van der Waals surface area contributed by atoms with E-state index in [1.807, 2.05) is 23.1 Å². The van der Waals surface area contributed by atoms with Crippen molar-refractivity contribution in [3.63, 3.8) is 0 Å². The van der Waals surface area contributed by atoms with E-state index >= 15 is 0 Å². The smallest absolute Gasteiger partial charge is 0.244 e. The molecule has 0 spiro atoms. The van der Waals surface area contributed by atoms with Crippen molar-refractivity contribution >= 4 is 17.3 Å². The van der Waals surface area contributed by atoms with Crippen LogP contribution in [0.3, 0.4) is 0 Å². The first kappa shape index (κ1) is 13.4. The Kier molecular flexibility index (Phi) is 3.73. The van der Waals surface area contributed by atoms with Crippen LogP contribution in [-0.2, 0) is 11.3 Å². The summed E-state index contributed by atoms with van der Waals surface area (Å²) in [6.07, 6.45) is 4.74. The maximum absolute atomic E-state index is 12.2. The van der Waals surface area contributed by atoms with Gasteiger partial charge in [-0.05, 0) is 23.6 Å². The molecule has 0 saturated heterocycles. The summed E-state index contributed by atoms with van der Waals surface area (Å²) >= 11 is 0. The number of hydrogen-bond donors (Lipinski definition) is 1. The van der Waals surface area contributed by atoms with E-state index in [2.05, 4.69) is 23.3 Å². The molecular formula is C16H18N4O. The summed E-state index contributed by atoms with van der Waals surface area (Å²) in [7, 11) is 0. The second-order valence-corrected chi connectivity index (χ2v) is 5.12. The number of hydrogen-bond acceptors (Lipinski definition) is 3. The van der Waals surface area contributed by atoms with Crippen LogP contribution in [-0.4, -0.2) is 33.7 Å². The molecule has 21 heavy (non-hydrogen) atoms. The third-order valence-electron chi connectivity index (χ3n) is 3.66. The molecule has 1 amide bonds. The lowest BCUT2D eigenvalue weighted by Gasteiger charge is -2.26. The van der Waals surface area contributed by atoms with Crippen LogP contribution >= 0.6 is 0 Å². The molecule has 0 fully saturated rings. The number of anilines is 1. The Labute approximate surface area is 123 Å². The molecule has 0 radical (unpaired) electrons. The molecule has 0 bridgehead atoms. The van der Waals surface area contributed by atoms with Gasteiger partial charge in [0.05, 0.1) is 0 Å². The van der Waals surface area contributed by atoms with Crippen molar-refractivity contribution in [2.45, 2.75) is 13.0 Å². The van der Waals surface area contributed by atoms with Gasteiger partial charge in [-0.15, -0.1) is 0 Å². The molecule has 0 atom stereocenters. The van der Waals surface area contributed by atoms with E-state index in [9.17, 15) is 4.79 Å². The quantitative estimate of drug-likeness (QED) is 0.933. The normalized spacial score (nSPS) is 14.9. The fourth-order valence-corrected chi connectivity index (χ4v) is 2.51. The lowest BCUT2D eigenvalue weighted by atomic mass is 9.99. The van der Waals surface area contributed by atoms with E-state index in [1.165, 1.54) is 11.1 Å². The summed E-state index contributed by atoms with van der Waals surface area (Å²) in [6.45, 7) is 1.64. The first-order valence-electron chi connectivity index (χ1n) is 7.03. The average molecular weight is 282 g/mol. The van der Waals surface area contributed by atoms with Gasteiger partial charge in [-0.25, -0.2) is 0 Å². The molecule has 5 heteroatoms. The molecule has 1 aromatic carbocycles. The van der Waals surface area contributed by atoms with Gasteiger partial charge in [-0.1, -0.05) is 36.4 Å². The van der Waals surface area contributed by atoms with E-state index in [0.717, 1.165) is 13.0 Å². The molecule has 0 aliphatic carbocycles. The third-order valence-corrected chi connectivity index (χ3v) is 3.66. The summed E-state index contributed by atoms with van der Waals surface area (Å²) in [5.41, 5.74) is 8.10. The largest absolute Gasteiger partial charge is 0.382 e. The Bertz CT molecular complexity index is 660. The number of nitrogens with two attached hydrogens (primary N) is 1. The number of nitrogens with zero attached hydrogens (tertiary/aromatic N) is 3. The molecule has 2 aromatic rings. The number of carbonyl (C=O) groups excluding carboxylic acids is 1. The summed E-state index contributed by atoms with van der Waals surface area (Å²) in [5.74, 6) is 0.508. The van der Waals surface area contributed by atoms with Crippen molar-refractivity contribution in [3.8, 4) is 0 Å². The Morgan fingerprint density at radius 3 is 2.67 bits per heavy atom. The number of amides is 1. The summed E-state index contributed by atoms with van der Waals surface area (Å²) in [4.78, 5) is 14.1. The van der Waals surface area contributed by atoms with Crippen molar-refractivity contribution in [2.75, 3.05) is 18.8 Å². The Morgan fingerprint density at radius 2 is 2.05 bits per heavy atom. The van der Waals surface area contributed by atoms with Crippen LogP contribution in [0.2, 0.25) is 0 Å². The van der Waals surface area contributed by atoms with Gasteiger partial charge in [-0.2, -0.15) is 5.10 Å². The lowest BCUT2D eigenvalue weighted by Crippen LogP contribution is -2.37. The summed E-state index contributed by atoms with van der Waals surface area (Å²) in [5, 5.41) is 4.04. The van der Waals surface area contributed by atoms with Crippen LogP contribution in [0, 0.1) is 0 Å². The minimum Gasteiger partial charge on any atom is -0.382 e. The summed E-state index contributed by atoms with van der Waals surface area (Å²) < 4.78 is 1.58. The van der Waals surface area contributed by atoms with Crippen LogP contribution in [0.4, 0.5) is 5.82 Å². The monoisotopic (exact) mass is 282 g/mol. The van der Waals surface area contributed by atoms with Crippen molar-refractivity contribution in [1.29, 1.82) is 0 Å². The van der Waals surface area contributed by atoms with E-state index in [-0.39, 0.29) is 12.5 Å². The molecular weight excluding hydrogens is 264 g/mol. The predicted octanol–water partition coefficient (Wildman–Crippen LogP) is 1.78. The fourth-order valence-electron chi connectivity index (χ4n) is 2.51. The zero-order valence-corrected chi connectivity index (χ0v) is 11.8. The van der Waals surface area contributed by atoms with Gasteiger partial charge in [0.2, 0.25) is 5.91 Å². The van der Waals surface area contributed by atoms with Crippen molar-refractivity contribution < 1.29 is 4.79 Å². The van der Waals surface area contributed by atoms with Crippen LogP contribution in [0.15, 0.2) is 48.7 Å². The van der Waals surface area contributed by atoms with Gasteiger partial charge < -0.3 is 10.6 Å². The Balaban J connectivity index is 1.62. The molecule has 1 aliphatic rings. The minimum atomic E-state index is 0.0708. The lowest BCUT2D eigenvalue weighted by molar-refractivity contribution is -0.131. The van der Waals surface area contributed by atoms with Gasteiger partial charge in [0, 0.05) is 19.3 Å². The van der Waals surface area contributed by atoms with Crippen molar-refractivity contribution in [2.24, 2.45) is 0 Å². The topological polar surface area (TPSA) is 64.2 Å². The molecule has 1 aliphatic heterocycles. The highest BCUT2D eigenvalue weighted by atomic mass is 16.2. The van der Waals surface area contributed by atoms with Gasteiger partial charge in [0.15, 0.2) is 0 Å². The minimum absolute atomic E-state index is 0.0708. The van der Waals surface area contributed by atoms with Gasteiger partial charge in [-0.3, -0.25) is 9.48 Å². The highest BCUT2D eigenvalue weighted by Crippen LogP contribution is 2.22. The van der Waals surface area contributed by atoms with E-state index in [4.69, 9.17) is 5.73 Å². The zero-order chi connectivity index (χ0) is 14.7. The average Bonchev–Trinajstić information content (AvgIpc) is 2.93. The second kappa shape index (κ2) is 5.83. The molecule has 0 saturated carbocycles. The molecule has 108 valence electrons. The SMILES string of the molecule is Nc1ccn(CC(=O)N2CC=C(c3ccccc3)CC2)n1. The van der Waals surface area contributed by atoms with Gasteiger partial charge in [0.25, 0.3) is 0 Å². The van der Waals surface area contributed by atoms with E-state index in [0.29, 0.717) is 12.4 Å². The van der Waals surface area contributed by atoms with Crippen LogP contribution < -0.4 is 5.73 Å². The molecule has 0 unspecified atom stereocenters. The molecule has 5 nitrogen and oxygen atoms in total. The standard InChI is InChI=1S/C16H18N4O/c17-15-8-11-20(18-15)12-16(21)19-9-6-14(7-10-19)13-4-2-1-3-5-13/h1-6,8,11H,7,9-10,12H2,(H2,17,18). The molecule has 2 N–H and O–H groups in total. The molecule has 2 heterocycles. The number of benzene rings is 1. The number of nitrogen functional groups attached to an aromatic ring is 1. The Morgan fingerprint density at radius 1 is 1.24 bits per heavy atom. The Hall–Kier alpha value is -2.56. The molecule has 3 rings (SSSR count). The van der Waals surface area contributed by atoms with E-state index < -0.39 is 0 Å². The number of aromatic nitrogens is 2. The molecule has 1 aromatic heterocycles. The van der Waals surface area contributed by atoms with Gasteiger partial charge >= 0.3 is 0 Å². The van der Waals surface area contributed by atoms with Crippen LogP contribution in [0.1, 0.15) is 12.0 Å². The first-order chi connectivity index (χ1) is 10.2. The van der Waals surface area contributed by atoms with E-state index in [1.54, 1.807) is 16.9 Å². The maximum Gasteiger partial charge on any atom is 0.244 e. The second-order valence-electron chi connectivity index (χ2n) is 5.12. The van der Waals surface area contributed by atoms with Gasteiger partial charge in [0.1, 0.15) is 12.4 Å².